The Kier molecular flexibility index (Phi) is 1.74. The van der Waals surface area contributed by atoms with Gasteiger partial charge in [-0.25, -0.2) is 0 Å². The highest BCUT2D eigenvalue weighted by molar-refractivity contribution is 5.04. The highest BCUT2D eigenvalue weighted by Gasteiger charge is 2.55. The summed E-state index contributed by atoms with van der Waals surface area (Å²) in [6, 6.07) is 0. The van der Waals surface area contributed by atoms with Crippen molar-refractivity contribution >= 4 is 0 Å². The summed E-state index contributed by atoms with van der Waals surface area (Å²) in [5.74, 6) is 5.52. The number of hydrogen-bond acceptors (Lipinski definition) is 0. The molecule has 11 heavy (non-hydrogen) atoms. The molecule has 2 rings (SSSR count). The van der Waals surface area contributed by atoms with Gasteiger partial charge in [-0.05, 0) is 36.0 Å². The molecular weight excluding hydrogens is 132 g/mol. The van der Waals surface area contributed by atoms with Gasteiger partial charge in [-0.3, -0.25) is 0 Å². The first-order valence-electron chi connectivity index (χ1n) is 5.25. The van der Waals surface area contributed by atoms with E-state index in [0.29, 0.717) is 0 Å². The van der Waals surface area contributed by atoms with Crippen molar-refractivity contribution in [1.82, 2.24) is 0 Å². The molecule has 2 aliphatic rings. The van der Waals surface area contributed by atoms with Gasteiger partial charge in [0.25, 0.3) is 0 Å². The lowest BCUT2D eigenvalue weighted by molar-refractivity contribution is -0.141. The summed E-state index contributed by atoms with van der Waals surface area (Å²) in [7, 11) is 0. The molecule has 0 amide bonds. The summed E-state index contributed by atoms with van der Waals surface area (Å²) < 4.78 is 0. The van der Waals surface area contributed by atoms with Crippen LogP contribution in [0.15, 0.2) is 0 Å². The van der Waals surface area contributed by atoms with Gasteiger partial charge in [0.15, 0.2) is 0 Å². The zero-order valence-electron chi connectivity index (χ0n) is 8.01. The van der Waals surface area contributed by atoms with Crippen LogP contribution in [0.4, 0.5) is 0 Å². The van der Waals surface area contributed by atoms with Crippen molar-refractivity contribution in [3.05, 3.63) is 0 Å². The predicted octanol–water partition coefficient (Wildman–Crippen LogP) is 3.32. The highest BCUT2D eigenvalue weighted by Crippen LogP contribution is 2.62. The molecule has 0 aromatic carbocycles. The van der Waals surface area contributed by atoms with Gasteiger partial charge in [0.2, 0.25) is 0 Å². The van der Waals surface area contributed by atoms with E-state index >= 15 is 0 Å². The van der Waals surface area contributed by atoms with Gasteiger partial charge in [-0.1, -0.05) is 33.6 Å². The van der Waals surface area contributed by atoms with Gasteiger partial charge < -0.3 is 0 Å². The average Bonchev–Trinajstić information content (AvgIpc) is 1.98. The summed E-state index contributed by atoms with van der Waals surface area (Å²) in [5, 5.41) is 0. The molecule has 2 aliphatic carbocycles. The van der Waals surface area contributed by atoms with Gasteiger partial charge in [0.05, 0.1) is 0 Å². The predicted molar refractivity (Wildman–Crippen MR) is 48.3 cm³/mol. The smallest absolute Gasteiger partial charge is 0.0326 e. The maximum Gasteiger partial charge on any atom is -0.0326 e. The summed E-state index contributed by atoms with van der Waals surface area (Å²) in [6.07, 6.45) is 4.42. The lowest BCUT2D eigenvalue weighted by atomic mass is 9.43. The molecule has 0 spiro atoms. The zero-order valence-corrected chi connectivity index (χ0v) is 8.01. The molecule has 0 nitrogen and oxygen atoms in total. The Morgan fingerprint density at radius 3 is 2.55 bits per heavy atom. The van der Waals surface area contributed by atoms with Crippen LogP contribution in [-0.4, -0.2) is 0 Å². The van der Waals surface area contributed by atoms with Crippen molar-refractivity contribution in [3.8, 4) is 0 Å². The van der Waals surface area contributed by atoms with E-state index in [9.17, 15) is 0 Å². The van der Waals surface area contributed by atoms with Crippen LogP contribution in [-0.2, 0) is 0 Å². The Labute approximate surface area is 70.4 Å². The second-order valence-corrected chi connectivity index (χ2v) is 4.77. The van der Waals surface area contributed by atoms with Crippen LogP contribution < -0.4 is 0 Å². The van der Waals surface area contributed by atoms with Crippen LogP contribution in [0.25, 0.3) is 0 Å². The monoisotopic (exact) mass is 152 g/mol. The number of rotatable bonds is 2. The molecule has 0 radical (unpaired) electrons. The second kappa shape index (κ2) is 2.50. The van der Waals surface area contributed by atoms with E-state index < -0.39 is 0 Å². The SMILES string of the molecule is CCCC1C(C)C2CC(C)C12. The van der Waals surface area contributed by atoms with Gasteiger partial charge in [0.1, 0.15) is 0 Å². The standard InChI is InChI=1S/C11H20/c1-4-5-9-8(3)10-6-7(2)11(9)10/h7-11H,4-6H2,1-3H3. The van der Waals surface area contributed by atoms with Gasteiger partial charge in [-0.15, -0.1) is 0 Å². The summed E-state index contributed by atoms with van der Waals surface area (Å²) in [5.41, 5.74) is 0. The Balaban J connectivity index is 1.91. The third kappa shape index (κ3) is 0.878. The number of fused-ring (bicyclic) bond motifs is 1. The van der Waals surface area contributed by atoms with E-state index in [1.807, 2.05) is 0 Å². The fourth-order valence-corrected chi connectivity index (χ4v) is 3.59. The van der Waals surface area contributed by atoms with Crippen LogP contribution in [0.3, 0.4) is 0 Å². The van der Waals surface area contributed by atoms with E-state index in [1.165, 1.54) is 19.3 Å². The summed E-state index contributed by atoms with van der Waals surface area (Å²) in [6.45, 7) is 7.23. The maximum atomic E-state index is 2.47. The third-order valence-electron chi connectivity index (χ3n) is 4.26. The average molecular weight is 152 g/mol. The Morgan fingerprint density at radius 2 is 2.00 bits per heavy atom. The molecule has 0 aromatic heterocycles. The quantitative estimate of drug-likeness (QED) is 0.569. The van der Waals surface area contributed by atoms with E-state index in [2.05, 4.69) is 20.8 Å². The lowest BCUT2D eigenvalue weighted by Gasteiger charge is -2.62. The summed E-state index contributed by atoms with van der Waals surface area (Å²) in [4.78, 5) is 0. The van der Waals surface area contributed by atoms with Crippen molar-refractivity contribution in [2.75, 3.05) is 0 Å². The molecule has 2 saturated carbocycles. The van der Waals surface area contributed by atoms with E-state index in [0.717, 1.165) is 29.6 Å². The van der Waals surface area contributed by atoms with Crippen LogP contribution in [0.1, 0.15) is 40.0 Å². The minimum absolute atomic E-state index is 1.06. The van der Waals surface area contributed by atoms with E-state index in [1.54, 1.807) is 0 Å². The molecule has 0 heterocycles. The molecule has 5 unspecified atom stereocenters. The molecule has 0 saturated heterocycles. The molecule has 64 valence electrons. The van der Waals surface area contributed by atoms with E-state index in [-0.39, 0.29) is 0 Å². The Morgan fingerprint density at radius 1 is 1.27 bits per heavy atom. The molecule has 0 bridgehead atoms. The summed E-state index contributed by atoms with van der Waals surface area (Å²) >= 11 is 0. The fraction of sp³-hybridized carbons (Fsp3) is 1.00. The van der Waals surface area contributed by atoms with Gasteiger partial charge >= 0.3 is 0 Å². The van der Waals surface area contributed by atoms with Crippen LogP contribution in [0.5, 0.6) is 0 Å². The molecule has 0 heteroatoms. The first-order valence-corrected chi connectivity index (χ1v) is 5.25. The first-order chi connectivity index (χ1) is 5.25. The Bertz CT molecular complexity index is 150. The lowest BCUT2D eigenvalue weighted by Crippen LogP contribution is -2.56. The van der Waals surface area contributed by atoms with Crippen LogP contribution in [0, 0.1) is 29.6 Å². The molecule has 0 aromatic rings. The molecule has 5 atom stereocenters. The fourth-order valence-electron chi connectivity index (χ4n) is 3.59. The third-order valence-corrected chi connectivity index (χ3v) is 4.26. The maximum absolute atomic E-state index is 2.47. The van der Waals surface area contributed by atoms with Crippen molar-refractivity contribution in [2.24, 2.45) is 29.6 Å². The molecular formula is C11H20. The molecule has 2 fully saturated rings. The largest absolute Gasteiger partial charge is 0.0654 e. The Hall–Kier alpha value is 0. The minimum atomic E-state index is 1.06. The van der Waals surface area contributed by atoms with Crippen molar-refractivity contribution in [2.45, 2.75) is 40.0 Å². The zero-order chi connectivity index (χ0) is 8.01. The first kappa shape index (κ1) is 7.64. The highest BCUT2D eigenvalue weighted by atomic mass is 14.6. The topological polar surface area (TPSA) is 0 Å². The van der Waals surface area contributed by atoms with Gasteiger partial charge in [0, 0.05) is 0 Å². The number of hydrogen-bond donors (Lipinski definition) is 0. The minimum Gasteiger partial charge on any atom is -0.0654 e. The van der Waals surface area contributed by atoms with Crippen molar-refractivity contribution < 1.29 is 0 Å². The second-order valence-electron chi connectivity index (χ2n) is 4.77. The van der Waals surface area contributed by atoms with Crippen LogP contribution in [0.2, 0.25) is 0 Å². The van der Waals surface area contributed by atoms with Crippen molar-refractivity contribution in [1.29, 1.82) is 0 Å². The van der Waals surface area contributed by atoms with E-state index in [4.69, 9.17) is 0 Å². The van der Waals surface area contributed by atoms with Crippen molar-refractivity contribution in [3.63, 3.8) is 0 Å². The molecule has 0 aliphatic heterocycles. The normalized spacial score (nSPS) is 54.3. The molecule has 0 N–H and O–H groups in total. The van der Waals surface area contributed by atoms with Gasteiger partial charge in [-0.2, -0.15) is 0 Å². The van der Waals surface area contributed by atoms with Crippen LogP contribution >= 0.6 is 0 Å².